The lowest BCUT2D eigenvalue weighted by Crippen LogP contribution is -2.41. The average molecular weight is 1400 g/mol. The van der Waals surface area contributed by atoms with Gasteiger partial charge < -0.3 is 52.3 Å². The van der Waals surface area contributed by atoms with Crippen LogP contribution in [-0.4, -0.2) is 97.0 Å². The fourth-order valence-corrected chi connectivity index (χ4v) is 11.4. The highest BCUT2D eigenvalue weighted by atomic mass is 79.9. The summed E-state index contributed by atoms with van der Waals surface area (Å²) in [6.07, 6.45) is -12.9. The zero-order valence-corrected chi connectivity index (χ0v) is 55.3. The molecule has 3 fully saturated rings. The van der Waals surface area contributed by atoms with Crippen LogP contribution in [0.15, 0.2) is 142 Å². The Morgan fingerprint density at radius 1 is 0.418 bits per heavy atom. The zero-order valence-electron chi connectivity index (χ0n) is 52.1. The van der Waals surface area contributed by atoms with E-state index in [0.717, 1.165) is 78.8 Å². The molecule has 6 aromatic carbocycles. The molecule has 6 aromatic rings. The van der Waals surface area contributed by atoms with Crippen LogP contribution in [0, 0.1) is 0 Å². The number of aliphatic hydroxyl groups excluding tert-OH is 2. The lowest BCUT2D eigenvalue weighted by atomic mass is 9.49. The van der Waals surface area contributed by atoms with Crippen LogP contribution in [0.25, 0.3) is 5.57 Å². The summed E-state index contributed by atoms with van der Waals surface area (Å²) in [5.74, 6) is 1.03. The third-order valence-electron chi connectivity index (χ3n) is 18.0. The van der Waals surface area contributed by atoms with Gasteiger partial charge in [-0.25, -0.2) is 0 Å². The molecule has 0 bridgehead atoms. The molecule has 6 heterocycles. The van der Waals surface area contributed by atoms with E-state index in [-0.39, 0.29) is 35.6 Å². The molecule has 0 spiro atoms. The van der Waals surface area contributed by atoms with Crippen molar-refractivity contribution in [1.82, 2.24) is 0 Å². The second kappa shape index (κ2) is 25.8. The maximum absolute atomic E-state index is 12.9. The van der Waals surface area contributed by atoms with Crippen molar-refractivity contribution in [2.24, 2.45) is 0 Å². The van der Waals surface area contributed by atoms with Crippen LogP contribution in [0.4, 0.5) is 39.5 Å². The van der Waals surface area contributed by atoms with Crippen LogP contribution in [0.3, 0.4) is 0 Å². The molecule has 12 rings (SSSR count). The number of ether oxygens (including phenoxy) is 3. The Balaban J connectivity index is 0.000000146. The Morgan fingerprint density at radius 3 is 1.18 bits per heavy atom. The smallest absolute Gasteiger partial charge is 0.491 e. The third kappa shape index (κ3) is 15.3. The number of hydrogen-bond donors (Lipinski definition) is 2. The van der Waals surface area contributed by atoms with Crippen molar-refractivity contribution in [1.29, 1.82) is 0 Å². The Labute approximate surface area is 541 Å². The van der Waals surface area contributed by atoms with Crippen LogP contribution < -0.4 is 19.7 Å². The number of hydrogen-bond acceptors (Lipinski definition) is 11. The standard InChI is InChI=1S/C22H24BF3O4.C16H12BrF3O2.C16H10BrF3O.C12H24B2O4/c1-20(2)21(3,4)30-23(29-20)15-9-10-16-18(11-15)28-12-17(27)19(16)13-5-7-14(8-6-13)22(24,25)26;17-11-5-6-12-14(7-11)22-8-13(21)15(12)9-1-3-10(4-2-9)16(18,19)20;17-12-5-6-14-13(7-8-21-15(14)9-12)10-1-3-11(4-2-10)16(18,19)20;1-9(2)10(3,4)16-13(15-9)14-17-11(5,6)12(7,8)18-14/h5-11,17,19,27H,12H2,1-4H3;1-7,13,15,21H,8H2;1-7,9H,8H2;1-8H3/t17-,19-;13-,15-;;/m00../s1. The van der Waals surface area contributed by atoms with Crippen molar-refractivity contribution in [2.45, 2.75) is 159 Å². The van der Waals surface area contributed by atoms with Crippen molar-refractivity contribution in [2.75, 3.05) is 19.8 Å². The number of aliphatic hydroxyl groups is 2. The molecule has 486 valence electrons. The van der Waals surface area contributed by atoms with Crippen LogP contribution in [0.1, 0.15) is 145 Å². The van der Waals surface area contributed by atoms with Crippen molar-refractivity contribution >= 4 is 64.0 Å². The number of fused-ring (bicyclic) bond motifs is 3. The topological polar surface area (TPSA) is 124 Å². The van der Waals surface area contributed by atoms with Crippen molar-refractivity contribution in [3.63, 3.8) is 0 Å². The molecule has 91 heavy (non-hydrogen) atoms. The van der Waals surface area contributed by atoms with E-state index in [4.69, 9.17) is 42.1 Å². The molecule has 0 radical (unpaired) electrons. The molecule has 0 amide bonds. The van der Waals surface area contributed by atoms with E-state index >= 15 is 0 Å². The Kier molecular flexibility index (Phi) is 19.8. The Bertz CT molecular complexity index is 3520. The fraction of sp³-hybridized carbons (Fsp3) is 0.424. The second-order valence-corrected chi connectivity index (χ2v) is 27.7. The summed E-state index contributed by atoms with van der Waals surface area (Å²) in [5.41, 5.74) is 1.55. The molecule has 3 saturated heterocycles. The van der Waals surface area contributed by atoms with Crippen molar-refractivity contribution < 1.29 is 91.9 Å². The summed E-state index contributed by atoms with van der Waals surface area (Å²) in [5, 5.41) is 20.7. The summed E-state index contributed by atoms with van der Waals surface area (Å²) in [6.45, 7) is 24.6. The highest BCUT2D eigenvalue weighted by Gasteiger charge is 2.64. The van der Waals surface area contributed by atoms with Crippen LogP contribution in [0.5, 0.6) is 17.2 Å². The minimum atomic E-state index is -4.40. The number of rotatable bonds is 5. The molecule has 2 N–H and O–H groups in total. The van der Waals surface area contributed by atoms with Crippen LogP contribution in [-0.2, 0) is 46.5 Å². The predicted octanol–water partition coefficient (Wildman–Crippen LogP) is 15.8. The molecular weight excluding hydrogens is 1330 g/mol. The van der Waals surface area contributed by atoms with Gasteiger partial charge in [0.05, 0.1) is 62.5 Å². The molecule has 0 aromatic heterocycles. The van der Waals surface area contributed by atoms with Crippen molar-refractivity contribution in [3.05, 3.63) is 192 Å². The molecule has 0 aliphatic carbocycles. The van der Waals surface area contributed by atoms with E-state index in [2.05, 4.69) is 31.9 Å². The molecule has 6 aliphatic rings. The molecule has 6 aliphatic heterocycles. The van der Waals surface area contributed by atoms with Gasteiger partial charge in [-0.05, 0) is 190 Å². The number of benzene rings is 6. The lowest BCUT2D eigenvalue weighted by molar-refractivity contribution is -0.138. The van der Waals surface area contributed by atoms with E-state index in [1.165, 1.54) is 36.4 Å². The van der Waals surface area contributed by atoms with Gasteiger partial charge in [-0.1, -0.05) is 86.5 Å². The largest absolute Gasteiger partial charge is 0.494 e. The number of halogens is 11. The van der Waals surface area contributed by atoms with Gasteiger partial charge in [-0.2, -0.15) is 39.5 Å². The molecule has 25 heteroatoms. The van der Waals surface area contributed by atoms with Crippen LogP contribution in [0.2, 0.25) is 0 Å². The van der Waals surface area contributed by atoms with E-state index in [9.17, 15) is 49.7 Å². The van der Waals surface area contributed by atoms with Gasteiger partial charge in [-0.15, -0.1) is 0 Å². The molecule has 11 nitrogen and oxygen atoms in total. The van der Waals surface area contributed by atoms with Gasteiger partial charge in [0.25, 0.3) is 0 Å². The van der Waals surface area contributed by atoms with Gasteiger partial charge in [-0.3, -0.25) is 0 Å². The SMILES string of the molecule is CC1(C)OB(B2OC(C)(C)C(C)(C)O2)OC1(C)C.CC1(C)OB(c2ccc3c(c2)OC[C@H](O)[C@H]3c2ccc(C(F)(F)F)cc2)OC1(C)C.FC(F)(F)c1ccc(C2=CCOc3cc(Br)ccc32)cc1.O[C@H]1COc2cc(Br)ccc2[C@@H]1c1ccc(C(F)(F)F)cc1. The van der Waals surface area contributed by atoms with Crippen molar-refractivity contribution in [3.8, 4) is 17.2 Å². The van der Waals surface area contributed by atoms with Gasteiger partial charge in [0.15, 0.2) is 0 Å². The first-order chi connectivity index (χ1) is 42.1. The number of alkyl halides is 9. The highest BCUT2D eigenvalue weighted by molar-refractivity contribution is 9.10. The lowest BCUT2D eigenvalue weighted by Gasteiger charge is -2.32. The summed E-state index contributed by atoms with van der Waals surface area (Å²) < 4.78 is 169. The summed E-state index contributed by atoms with van der Waals surface area (Å²) in [7, 11) is -1.51. The minimum absolute atomic E-state index is 0.0471. The van der Waals surface area contributed by atoms with E-state index in [0.29, 0.717) is 34.8 Å². The summed E-state index contributed by atoms with van der Waals surface area (Å²) >= 11 is 6.72. The predicted molar refractivity (Wildman–Crippen MR) is 336 cm³/mol. The van der Waals surface area contributed by atoms with E-state index < -0.39 is 91.6 Å². The van der Waals surface area contributed by atoms with Crippen LogP contribution >= 0.6 is 31.9 Å². The zero-order chi connectivity index (χ0) is 66.8. The Hall–Kier alpha value is -5.34. The first-order valence-electron chi connectivity index (χ1n) is 29.3. The second-order valence-electron chi connectivity index (χ2n) is 25.9. The maximum Gasteiger partial charge on any atom is 0.494 e. The highest BCUT2D eigenvalue weighted by Crippen LogP contribution is 2.46. The first kappa shape index (κ1) is 70.0. The monoisotopic (exact) mass is 1400 g/mol. The molecule has 4 atom stereocenters. The molecule has 0 unspecified atom stereocenters. The first-order valence-corrected chi connectivity index (χ1v) is 30.9. The quantitative estimate of drug-likeness (QED) is 0.127. The molecular formula is C66H70B3Br2F9O11. The van der Waals surface area contributed by atoms with E-state index in [1.807, 2.05) is 138 Å². The third-order valence-corrected chi connectivity index (χ3v) is 19.0. The van der Waals surface area contributed by atoms with E-state index in [1.54, 1.807) is 6.07 Å². The van der Waals surface area contributed by atoms with Gasteiger partial charge in [0.1, 0.15) is 37.1 Å². The fourth-order valence-electron chi connectivity index (χ4n) is 10.7. The maximum atomic E-state index is 12.9. The Morgan fingerprint density at radius 2 is 0.769 bits per heavy atom. The van der Waals surface area contributed by atoms with Gasteiger partial charge in [0.2, 0.25) is 0 Å². The van der Waals surface area contributed by atoms with Gasteiger partial charge >= 0.3 is 39.7 Å². The van der Waals surface area contributed by atoms with Gasteiger partial charge in [0, 0.05) is 37.5 Å². The summed E-state index contributed by atoms with van der Waals surface area (Å²) in [4.78, 5) is 0. The molecule has 0 saturated carbocycles. The summed E-state index contributed by atoms with van der Waals surface area (Å²) in [6, 6.07) is 31.5. The normalized spacial score (nSPS) is 23.0. The minimum Gasteiger partial charge on any atom is -0.491 e. The average Bonchev–Trinajstić information content (AvgIpc) is 1.71.